The van der Waals surface area contributed by atoms with Crippen molar-refractivity contribution in [1.82, 2.24) is 4.90 Å². The van der Waals surface area contributed by atoms with E-state index in [0.717, 1.165) is 10.5 Å². The largest absolute Gasteiger partial charge is 0.447 e. The lowest BCUT2D eigenvalue weighted by molar-refractivity contribution is -0.136. The summed E-state index contributed by atoms with van der Waals surface area (Å²) in [6, 6.07) is -0.289. The second-order valence-corrected chi connectivity index (χ2v) is 14.6. The van der Waals surface area contributed by atoms with Crippen molar-refractivity contribution in [2.24, 2.45) is 11.8 Å². The normalized spacial score (nSPS) is 21.1. The number of aliphatic hydroxyl groups is 1. The van der Waals surface area contributed by atoms with Crippen LogP contribution >= 0.6 is 0 Å². The summed E-state index contributed by atoms with van der Waals surface area (Å²) >= 11 is 0. The van der Waals surface area contributed by atoms with Crippen LogP contribution in [0.2, 0.25) is 18.1 Å². The van der Waals surface area contributed by atoms with Gasteiger partial charge in [0.25, 0.3) is 0 Å². The molecule has 6 nitrogen and oxygen atoms in total. The first-order valence-corrected chi connectivity index (χ1v) is 13.3. The van der Waals surface area contributed by atoms with Gasteiger partial charge in [0.2, 0.25) is 5.91 Å². The number of hydrogen-bond donors (Lipinski definition) is 1. The molecule has 0 saturated carbocycles. The Morgan fingerprint density at radius 3 is 2.45 bits per heavy atom. The van der Waals surface area contributed by atoms with Crippen LogP contribution < -0.4 is 0 Å². The molecule has 1 N–H and O–H groups in total. The van der Waals surface area contributed by atoms with Crippen molar-refractivity contribution < 1.29 is 23.9 Å². The summed E-state index contributed by atoms with van der Waals surface area (Å²) in [4.78, 5) is 25.8. The van der Waals surface area contributed by atoms with Gasteiger partial charge in [-0.15, -0.1) is 0 Å². The van der Waals surface area contributed by atoms with Gasteiger partial charge in [-0.1, -0.05) is 65.3 Å². The van der Waals surface area contributed by atoms with E-state index >= 15 is 0 Å². The number of amides is 2. The molecule has 1 aliphatic heterocycles. The summed E-state index contributed by atoms with van der Waals surface area (Å²) in [5, 5.41) is 10.6. The number of imide groups is 1. The van der Waals surface area contributed by atoms with Crippen molar-refractivity contribution in [2.75, 3.05) is 13.2 Å². The van der Waals surface area contributed by atoms with Crippen molar-refractivity contribution in [3.8, 4) is 0 Å². The summed E-state index contributed by atoms with van der Waals surface area (Å²) in [5.74, 6) is -1.06. The monoisotopic (exact) mass is 425 g/mol. The average Bonchev–Trinajstić information content (AvgIpc) is 2.99. The third kappa shape index (κ3) is 6.79. The van der Waals surface area contributed by atoms with E-state index in [1.807, 2.05) is 26.8 Å². The molecule has 7 heteroatoms. The minimum atomic E-state index is -1.80. The van der Waals surface area contributed by atoms with Crippen LogP contribution in [0.5, 0.6) is 0 Å². The molecule has 0 aromatic rings. The fraction of sp³-hybridized carbons (Fsp3) is 0.727. The van der Waals surface area contributed by atoms with Crippen LogP contribution in [0.4, 0.5) is 4.79 Å². The van der Waals surface area contributed by atoms with Gasteiger partial charge in [0.15, 0.2) is 8.32 Å². The van der Waals surface area contributed by atoms with E-state index in [0.29, 0.717) is 6.61 Å². The smallest absolute Gasteiger partial charge is 0.416 e. The number of allylic oxidation sites excluding steroid dienone is 2. The highest BCUT2D eigenvalue weighted by molar-refractivity contribution is 6.74. The Hall–Kier alpha value is -1.44. The molecule has 2 amide bonds. The van der Waals surface area contributed by atoms with Crippen molar-refractivity contribution >= 4 is 20.3 Å². The van der Waals surface area contributed by atoms with Crippen LogP contribution in [0.3, 0.4) is 0 Å². The van der Waals surface area contributed by atoms with E-state index < -0.39 is 32.3 Å². The van der Waals surface area contributed by atoms with E-state index in [9.17, 15) is 14.7 Å². The van der Waals surface area contributed by atoms with Crippen LogP contribution in [0.15, 0.2) is 23.8 Å². The molecule has 0 aromatic heterocycles. The predicted molar refractivity (Wildman–Crippen MR) is 118 cm³/mol. The Balaban J connectivity index is 2.69. The Morgan fingerprint density at radius 2 is 1.93 bits per heavy atom. The number of cyclic esters (lactones) is 1. The maximum absolute atomic E-state index is 12.7. The summed E-state index contributed by atoms with van der Waals surface area (Å²) in [7, 11) is -1.80. The SMILES string of the molecule is CC(/C=C/[C@H](O)[C@@H](C)C(=O)N1C(=O)OC[C@H]1C(C)C)=C\CO[Si](C)(C)C(C)(C)C. The molecule has 0 spiro atoms. The third-order valence-corrected chi connectivity index (χ3v) is 10.5. The van der Waals surface area contributed by atoms with Crippen LogP contribution in [0.1, 0.15) is 48.5 Å². The maximum Gasteiger partial charge on any atom is 0.416 e. The molecular formula is C22H39NO5Si. The van der Waals surface area contributed by atoms with Gasteiger partial charge in [-0.3, -0.25) is 4.79 Å². The zero-order valence-corrected chi connectivity index (χ0v) is 20.5. The number of hydrogen-bond acceptors (Lipinski definition) is 5. The van der Waals surface area contributed by atoms with E-state index in [1.54, 1.807) is 19.1 Å². The fourth-order valence-corrected chi connectivity index (χ4v) is 3.56. The summed E-state index contributed by atoms with van der Waals surface area (Å²) in [6.45, 7) is 19.2. The first-order valence-electron chi connectivity index (χ1n) is 10.4. The first-order chi connectivity index (χ1) is 13.2. The number of aliphatic hydroxyl groups excluding tert-OH is 1. The quantitative estimate of drug-likeness (QED) is 0.457. The molecule has 1 saturated heterocycles. The maximum atomic E-state index is 12.7. The number of carbonyl (C=O) groups is 2. The van der Waals surface area contributed by atoms with Gasteiger partial charge in [-0.05, 0) is 31.0 Å². The molecule has 1 fully saturated rings. The molecule has 1 heterocycles. The van der Waals surface area contributed by atoms with Crippen molar-refractivity contribution in [1.29, 1.82) is 0 Å². The van der Waals surface area contributed by atoms with Gasteiger partial charge in [-0.25, -0.2) is 9.69 Å². The van der Waals surface area contributed by atoms with Gasteiger partial charge >= 0.3 is 6.09 Å². The van der Waals surface area contributed by atoms with Crippen LogP contribution in [-0.2, 0) is 14.0 Å². The summed E-state index contributed by atoms with van der Waals surface area (Å²) < 4.78 is 11.2. The van der Waals surface area contributed by atoms with Gasteiger partial charge < -0.3 is 14.3 Å². The highest BCUT2D eigenvalue weighted by atomic mass is 28.4. The zero-order chi connectivity index (χ0) is 22.6. The number of ether oxygens (including phenoxy) is 1. The Labute approximate surface area is 177 Å². The highest BCUT2D eigenvalue weighted by Crippen LogP contribution is 2.36. The van der Waals surface area contributed by atoms with Crippen molar-refractivity contribution in [3.63, 3.8) is 0 Å². The van der Waals surface area contributed by atoms with Gasteiger partial charge in [0, 0.05) is 0 Å². The molecule has 1 aliphatic rings. The highest BCUT2D eigenvalue weighted by Gasteiger charge is 2.42. The molecule has 29 heavy (non-hydrogen) atoms. The first kappa shape index (κ1) is 25.6. The van der Waals surface area contributed by atoms with E-state index in [-0.39, 0.29) is 23.6 Å². The molecule has 0 aliphatic carbocycles. The molecular weight excluding hydrogens is 386 g/mol. The van der Waals surface area contributed by atoms with E-state index in [2.05, 4.69) is 33.9 Å². The number of rotatable bonds is 8. The Morgan fingerprint density at radius 1 is 1.34 bits per heavy atom. The predicted octanol–water partition coefficient (Wildman–Crippen LogP) is 4.51. The Bertz CT molecular complexity index is 648. The number of nitrogens with zero attached hydrogens (tertiary/aromatic N) is 1. The third-order valence-electron chi connectivity index (χ3n) is 6.03. The van der Waals surface area contributed by atoms with Crippen LogP contribution in [0.25, 0.3) is 0 Å². The lowest BCUT2D eigenvalue weighted by Gasteiger charge is -2.35. The summed E-state index contributed by atoms with van der Waals surface area (Å²) in [5.41, 5.74) is 0.947. The van der Waals surface area contributed by atoms with Gasteiger partial charge in [-0.2, -0.15) is 0 Å². The van der Waals surface area contributed by atoms with Gasteiger partial charge in [0.1, 0.15) is 6.61 Å². The minimum absolute atomic E-state index is 0.0939. The zero-order valence-electron chi connectivity index (χ0n) is 19.5. The second kappa shape index (κ2) is 10.0. The number of carbonyl (C=O) groups excluding carboxylic acids is 2. The lowest BCUT2D eigenvalue weighted by atomic mass is 9.98. The van der Waals surface area contributed by atoms with Crippen LogP contribution in [-0.4, -0.2) is 55.7 Å². The molecule has 0 bridgehead atoms. The van der Waals surface area contributed by atoms with E-state index in [1.165, 1.54) is 0 Å². The van der Waals surface area contributed by atoms with Crippen molar-refractivity contribution in [3.05, 3.63) is 23.8 Å². The molecule has 0 unspecified atom stereocenters. The topological polar surface area (TPSA) is 76.1 Å². The second-order valence-electron chi connectivity index (χ2n) is 9.75. The fourth-order valence-electron chi connectivity index (χ4n) is 2.63. The van der Waals surface area contributed by atoms with Crippen molar-refractivity contribution in [2.45, 2.75) is 78.7 Å². The molecule has 3 atom stereocenters. The lowest BCUT2D eigenvalue weighted by Crippen LogP contribution is -2.46. The molecule has 1 rings (SSSR count). The molecule has 0 aromatic carbocycles. The van der Waals surface area contributed by atoms with Gasteiger partial charge in [0.05, 0.1) is 24.7 Å². The molecule has 166 valence electrons. The molecule has 0 radical (unpaired) electrons. The Kier molecular flexibility index (Phi) is 8.86. The average molecular weight is 426 g/mol. The van der Waals surface area contributed by atoms with Crippen LogP contribution in [0, 0.1) is 11.8 Å². The standard InChI is InChI=1S/C22H39NO5Si/c1-15(2)18-14-27-21(26)23(18)20(25)17(4)19(24)11-10-16(3)12-13-28-29(8,9)22(5,6)7/h10-12,15,17-19,24H,13-14H2,1-9H3/b11-10+,16-12+/t17-,18+,19+/m1/s1. The minimum Gasteiger partial charge on any atom is -0.447 e. The summed E-state index contributed by atoms with van der Waals surface area (Å²) in [6.07, 6.45) is 3.73. The van der Waals surface area contributed by atoms with E-state index in [4.69, 9.17) is 9.16 Å².